The minimum absolute atomic E-state index is 0.00965. The summed E-state index contributed by atoms with van der Waals surface area (Å²) in [6.45, 7) is 4.62. The van der Waals surface area contributed by atoms with E-state index in [9.17, 15) is 18.0 Å². The van der Waals surface area contributed by atoms with Gasteiger partial charge < -0.3 is 19.2 Å². The molecule has 2 aliphatic rings. The molecule has 178 valence electrons. The van der Waals surface area contributed by atoms with Gasteiger partial charge in [-0.3, -0.25) is 0 Å². The number of ketones is 1. The summed E-state index contributed by atoms with van der Waals surface area (Å²) >= 11 is 0. The van der Waals surface area contributed by atoms with Crippen LogP contribution in [0, 0.1) is 11.7 Å². The van der Waals surface area contributed by atoms with Crippen molar-refractivity contribution >= 4 is 11.6 Å². The van der Waals surface area contributed by atoms with Gasteiger partial charge in [-0.15, -0.1) is 0 Å². The number of hydrogen-bond donors (Lipinski definition) is 0. The monoisotopic (exact) mass is 463 g/mol. The summed E-state index contributed by atoms with van der Waals surface area (Å²) < 4.78 is 52.3. The summed E-state index contributed by atoms with van der Waals surface area (Å²) in [5, 5.41) is 0. The SMILES string of the molecule is CC(=O)C[C@@H](C)c1ccc(O[C@@H]2CCN(c3ncnc(OCC4CC(F)(F)C4)c3F)C2)cc1. The van der Waals surface area contributed by atoms with E-state index in [1.807, 2.05) is 31.2 Å². The molecule has 0 unspecified atom stereocenters. The largest absolute Gasteiger partial charge is 0.489 e. The maximum absolute atomic E-state index is 14.9. The number of benzene rings is 1. The van der Waals surface area contributed by atoms with Gasteiger partial charge in [0.05, 0.1) is 13.2 Å². The standard InChI is InChI=1S/C24H28F3N3O3/c1-15(9-16(2)31)18-3-5-19(6-4-18)33-20-7-8-30(12-20)22-21(25)23(29-14-28-22)32-13-17-10-24(26,27)11-17/h3-6,14-15,17,20H,7-13H2,1-2H3/t15-,20-/m1/s1. The summed E-state index contributed by atoms with van der Waals surface area (Å²) in [5.41, 5.74) is 1.08. The smallest absolute Gasteiger partial charge is 0.255 e. The van der Waals surface area contributed by atoms with Crippen LogP contribution in [-0.4, -0.2) is 47.5 Å². The molecule has 4 rings (SSSR count). The first-order chi connectivity index (χ1) is 15.7. The number of Topliss-reactive ketones (excluding diaryl/α,β-unsaturated/α-hetero) is 1. The van der Waals surface area contributed by atoms with E-state index in [0.717, 1.165) is 5.56 Å². The van der Waals surface area contributed by atoms with Gasteiger partial charge in [-0.05, 0) is 30.5 Å². The molecule has 6 nitrogen and oxygen atoms in total. The van der Waals surface area contributed by atoms with E-state index >= 15 is 0 Å². The fourth-order valence-electron chi connectivity index (χ4n) is 4.40. The van der Waals surface area contributed by atoms with E-state index < -0.39 is 11.7 Å². The molecule has 2 atom stereocenters. The van der Waals surface area contributed by atoms with Crippen LogP contribution in [0.15, 0.2) is 30.6 Å². The molecular formula is C24H28F3N3O3. The van der Waals surface area contributed by atoms with E-state index in [0.29, 0.717) is 31.7 Å². The van der Waals surface area contributed by atoms with Gasteiger partial charge in [0, 0.05) is 38.1 Å². The zero-order valence-corrected chi connectivity index (χ0v) is 18.8. The van der Waals surface area contributed by atoms with Crippen molar-refractivity contribution in [3.8, 4) is 11.6 Å². The molecule has 0 N–H and O–H groups in total. The van der Waals surface area contributed by atoms with Gasteiger partial charge >= 0.3 is 0 Å². The van der Waals surface area contributed by atoms with Gasteiger partial charge in [0.15, 0.2) is 5.82 Å². The van der Waals surface area contributed by atoms with Crippen LogP contribution in [0.1, 0.15) is 51.0 Å². The molecule has 0 radical (unpaired) electrons. The number of carbonyl (C=O) groups is 1. The number of carbonyl (C=O) groups excluding carboxylic acids is 1. The Kier molecular flexibility index (Phi) is 6.76. The van der Waals surface area contributed by atoms with Crippen LogP contribution in [0.25, 0.3) is 0 Å². The molecule has 1 aromatic carbocycles. The average molecular weight is 464 g/mol. The quantitative estimate of drug-likeness (QED) is 0.533. The van der Waals surface area contributed by atoms with Crippen LogP contribution in [0.3, 0.4) is 0 Å². The van der Waals surface area contributed by atoms with Crippen molar-refractivity contribution in [2.24, 2.45) is 5.92 Å². The first-order valence-corrected chi connectivity index (χ1v) is 11.2. The number of halogens is 3. The van der Waals surface area contributed by atoms with Crippen molar-refractivity contribution < 1.29 is 27.4 Å². The van der Waals surface area contributed by atoms with Gasteiger partial charge in [-0.2, -0.15) is 9.37 Å². The summed E-state index contributed by atoms with van der Waals surface area (Å²) in [6.07, 6.45) is 1.79. The highest BCUT2D eigenvalue weighted by Crippen LogP contribution is 2.42. The summed E-state index contributed by atoms with van der Waals surface area (Å²) in [7, 11) is 0. The van der Waals surface area contributed by atoms with Crippen molar-refractivity contribution in [2.45, 2.75) is 57.5 Å². The Hall–Kier alpha value is -2.84. The van der Waals surface area contributed by atoms with Gasteiger partial charge in [0.25, 0.3) is 5.88 Å². The third-order valence-corrected chi connectivity index (χ3v) is 6.16. The molecule has 33 heavy (non-hydrogen) atoms. The molecule has 1 aromatic heterocycles. The lowest BCUT2D eigenvalue weighted by Gasteiger charge is -2.34. The molecule has 1 saturated heterocycles. The van der Waals surface area contributed by atoms with Crippen molar-refractivity contribution in [3.05, 3.63) is 42.0 Å². The summed E-state index contributed by atoms with van der Waals surface area (Å²) in [6, 6.07) is 7.69. The molecule has 9 heteroatoms. The minimum Gasteiger partial charge on any atom is -0.489 e. The third-order valence-electron chi connectivity index (χ3n) is 6.16. The molecular weight excluding hydrogens is 435 g/mol. The second-order valence-corrected chi connectivity index (χ2v) is 9.11. The van der Waals surface area contributed by atoms with E-state index in [2.05, 4.69) is 9.97 Å². The van der Waals surface area contributed by atoms with Gasteiger partial charge in [0.1, 0.15) is 24.0 Å². The topological polar surface area (TPSA) is 64.5 Å². The third kappa shape index (κ3) is 5.75. The van der Waals surface area contributed by atoms with E-state index in [1.54, 1.807) is 11.8 Å². The van der Waals surface area contributed by atoms with Crippen LogP contribution in [0.4, 0.5) is 19.0 Å². The molecule has 1 aliphatic heterocycles. The lowest BCUT2D eigenvalue weighted by molar-refractivity contribution is -0.119. The van der Waals surface area contributed by atoms with Crippen LogP contribution >= 0.6 is 0 Å². The van der Waals surface area contributed by atoms with Crippen LogP contribution in [0.5, 0.6) is 11.6 Å². The first-order valence-electron chi connectivity index (χ1n) is 11.2. The lowest BCUT2D eigenvalue weighted by Crippen LogP contribution is -2.38. The number of nitrogens with zero attached hydrogens (tertiary/aromatic N) is 3. The second-order valence-electron chi connectivity index (χ2n) is 9.11. The number of alkyl halides is 2. The van der Waals surface area contributed by atoms with Gasteiger partial charge in [0.2, 0.25) is 11.7 Å². The first kappa shape index (κ1) is 23.3. The summed E-state index contributed by atoms with van der Waals surface area (Å²) in [5.74, 6) is -2.69. The molecule has 2 heterocycles. The number of anilines is 1. The predicted octanol–water partition coefficient (Wildman–Crippen LogP) is 4.78. The highest BCUT2D eigenvalue weighted by atomic mass is 19.3. The molecule has 0 bridgehead atoms. The number of aromatic nitrogens is 2. The van der Waals surface area contributed by atoms with Crippen molar-refractivity contribution in [2.75, 3.05) is 24.6 Å². The van der Waals surface area contributed by atoms with E-state index in [-0.39, 0.29) is 54.9 Å². The lowest BCUT2D eigenvalue weighted by atomic mass is 9.82. The molecule has 1 saturated carbocycles. The Labute approximate surface area is 191 Å². The number of hydrogen-bond acceptors (Lipinski definition) is 6. The Morgan fingerprint density at radius 3 is 2.64 bits per heavy atom. The average Bonchev–Trinajstić information content (AvgIpc) is 3.19. The Morgan fingerprint density at radius 1 is 1.24 bits per heavy atom. The summed E-state index contributed by atoms with van der Waals surface area (Å²) in [4.78, 5) is 21.0. The highest BCUT2D eigenvalue weighted by Gasteiger charge is 2.45. The van der Waals surface area contributed by atoms with E-state index in [4.69, 9.17) is 9.47 Å². The van der Waals surface area contributed by atoms with Gasteiger partial charge in [-0.1, -0.05) is 19.1 Å². The van der Waals surface area contributed by atoms with Crippen molar-refractivity contribution in [1.82, 2.24) is 9.97 Å². The van der Waals surface area contributed by atoms with Crippen LogP contribution < -0.4 is 14.4 Å². The molecule has 2 fully saturated rings. The fourth-order valence-corrected chi connectivity index (χ4v) is 4.40. The maximum atomic E-state index is 14.9. The molecule has 1 aliphatic carbocycles. The van der Waals surface area contributed by atoms with Crippen LogP contribution in [0.2, 0.25) is 0 Å². The van der Waals surface area contributed by atoms with E-state index in [1.165, 1.54) is 6.33 Å². The fraction of sp³-hybridized carbons (Fsp3) is 0.542. The number of ether oxygens (including phenoxy) is 2. The zero-order chi connectivity index (χ0) is 23.6. The predicted molar refractivity (Wildman–Crippen MR) is 117 cm³/mol. The Morgan fingerprint density at radius 2 is 1.97 bits per heavy atom. The molecule has 0 amide bonds. The normalized spacial score (nSPS) is 20.9. The zero-order valence-electron chi connectivity index (χ0n) is 18.8. The minimum atomic E-state index is -2.64. The Balaban J connectivity index is 1.32. The van der Waals surface area contributed by atoms with Gasteiger partial charge in [-0.25, -0.2) is 13.8 Å². The molecule has 2 aromatic rings. The Bertz CT molecular complexity index is 979. The maximum Gasteiger partial charge on any atom is 0.255 e. The van der Waals surface area contributed by atoms with Crippen molar-refractivity contribution in [3.63, 3.8) is 0 Å². The second kappa shape index (κ2) is 9.57. The number of rotatable bonds is 9. The van der Waals surface area contributed by atoms with Crippen LogP contribution in [-0.2, 0) is 4.79 Å². The van der Waals surface area contributed by atoms with Crippen molar-refractivity contribution in [1.29, 1.82) is 0 Å². The molecule has 0 spiro atoms. The highest BCUT2D eigenvalue weighted by molar-refractivity contribution is 5.76.